The summed E-state index contributed by atoms with van der Waals surface area (Å²) in [5.74, 6) is 0.807. The summed E-state index contributed by atoms with van der Waals surface area (Å²) in [5, 5.41) is 11.3. The first kappa shape index (κ1) is 16.4. The molecule has 0 fully saturated rings. The van der Waals surface area contributed by atoms with Crippen molar-refractivity contribution in [2.75, 3.05) is 13.6 Å². The van der Waals surface area contributed by atoms with Crippen molar-refractivity contribution in [2.24, 2.45) is 12.0 Å². The Hall–Kier alpha value is -1.95. The van der Waals surface area contributed by atoms with Gasteiger partial charge in [-0.1, -0.05) is 25.1 Å². The fourth-order valence-electron chi connectivity index (χ4n) is 1.98. The molecule has 2 rings (SSSR count). The third kappa shape index (κ3) is 5.11. The molecule has 0 saturated heterocycles. The quantitative estimate of drug-likeness (QED) is 0.487. The van der Waals surface area contributed by atoms with Crippen molar-refractivity contribution < 1.29 is 0 Å². The Morgan fingerprint density at radius 2 is 2.05 bits per heavy atom. The SMILES string of the molecule is CN=C(NCc1ccnn1C)NCC(C)Sc1ccccc1. The van der Waals surface area contributed by atoms with Crippen molar-refractivity contribution in [2.45, 2.75) is 23.6 Å². The van der Waals surface area contributed by atoms with Gasteiger partial charge in [0.2, 0.25) is 0 Å². The second-order valence-corrected chi connectivity index (χ2v) is 6.51. The van der Waals surface area contributed by atoms with Crippen molar-refractivity contribution in [1.29, 1.82) is 0 Å². The molecule has 2 N–H and O–H groups in total. The van der Waals surface area contributed by atoms with Gasteiger partial charge in [-0.3, -0.25) is 9.67 Å². The normalized spacial score (nSPS) is 13.0. The molecule has 1 unspecified atom stereocenters. The lowest BCUT2D eigenvalue weighted by Crippen LogP contribution is -2.39. The molecule has 0 aliphatic carbocycles. The number of hydrogen-bond donors (Lipinski definition) is 2. The van der Waals surface area contributed by atoms with Crippen molar-refractivity contribution in [3.63, 3.8) is 0 Å². The largest absolute Gasteiger partial charge is 0.355 e. The van der Waals surface area contributed by atoms with Crippen molar-refractivity contribution in [1.82, 2.24) is 20.4 Å². The summed E-state index contributed by atoms with van der Waals surface area (Å²) in [6, 6.07) is 12.4. The Bertz CT molecular complexity index is 594. The van der Waals surface area contributed by atoms with Crippen LogP contribution in [-0.4, -0.2) is 34.6 Å². The molecular formula is C16H23N5S. The molecule has 22 heavy (non-hydrogen) atoms. The molecule has 1 heterocycles. The lowest BCUT2D eigenvalue weighted by atomic mass is 10.4. The molecule has 118 valence electrons. The summed E-state index contributed by atoms with van der Waals surface area (Å²) in [6.07, 6.45) is 1.80. The van der Waals surface area contributed by atoms with Crippen molar-refractivity contribution in [3.05, 3.63) is 48.3 Å². The molecule has 0 saturated carbocycles. The highest BCUT2D eigenvalue weighted by Gasteiger charge is 2.06. The maximum absolute atomic E-state index is 4.25. The predicted molar refractivity (Wildman–Crippen MR) is 93.2 cm³/mol. The van der Waals surface area contributed by atoms with E-state index in [2.05, 4.69) is 51.9 Å². The maximum atomic E-state index is 4.25. The highest BCUT2D eigenvalue weighted by molar-refractivity contribution is 8.00. The zero-order chi connectivity index (χ0) is 15.8. The lowest BCUT2D eigenvalue weighted by Gasteiger charge is -2.16. The summed E-state index contributed by atoms with van der Waals surface area (Å²) in [7, 11) is 3.72. The Morgan fingerprint density at radius 3 is 2.68 bits per heavy atom. The summed E-state index contributed by atoms with van der Waals surface area (Å²) in [6.45, 7) is 3.76. The van der Waals surface area contributed by atoms with Crippen LogP contribution < -0.4 is 10.6 Å². The van der Waals surface area contributed by atoms with Crippen LogP contribution in [0.4, 0.5) is 0 Å². The van der Waals surface area contributed by atoms with Gasteiger partial charge in [0.1, 0.15) is 0 Å². The average molecular weight is 317 g/mol. The number of aromatic nitrogens is 2. The van der Waals surface area contributed by atoms with Crippen LogP contribution in [0.3, 0.4) is 0 Å². The topological polar surface area (TPSA) is 54.2 Å². The van der Waals surface area contributed by atoms with E-state index >= 15 is 0 Å². The minimum atomic E-state index is 0.456. The molecule has 0 amide bonds. The van der Waals surface area contributed by atoms with Crippen molar-refractivity contribution in [3.8, 4) is 0 Å². The molecule has 1 atom stereocenters. The molecular weight excluding hydrogens is 294 g/mol. The number of rotatable bonds is 6. The Kier molecular flexibility index (Phi) is 6.33. The predicted octanol–water partition coefficient (Wildman–Crippen LogP) is 2.27. The van der Waals surface area contributed by atoms with E-state index < -0.39 is 0 Å². The molecule has 5 nitrogen and oxygen atoms in total. The van der Waals surface area contributed by atoms with Crippen LogP contribution in [-0.2, 0) is 13.6 Å². The molecule has 1 aromatic heterocycles. The molecule has 6 heteroatoms. The molecule has 0 spiro atoms. The van der Waals surface area contributed by atoms with E-state index in [1.54, 1.807) is 13.2 Å². The number of guanidine groups is 1. The Labute approximate surface area is 136 Å². The highest BCUT2D eigenvalue weighted by atomic mass is 32.2. The van der Waals surface area contributed by atoms with Gasteiger partial charge in [0.25, 0.3) is 0 Å². The Balaban J connectivity index is 1.75. The first-order chi connectivity index (χ1) is 10.7. The van der Waals surface area contributed by atoms with E-state index in [4.69, 9.17) is 0 Å². The standard InChI is InChI=1S/C16H23N5S/c1-13(22-15-7-5-4-6-8-15)11-18-16(17-2)19-12-14-9-10-20-21(14)3/h4-10,13H,11-12H2,1-3H3,(H2,17,18,19). The second-order valence-electron chi connectivity index (χ2n) is 4.99. The maximum Gasteiger partial charge on any atom is 0.191 e. The minimum Gasteiger partial charge on any atom is -0.355 e. The Morgan fingerprint density at radius 1 is 1.27 bits per heavy atom. The first-order valence-corrected chi connectivity index (χ1v) is 8.20. The van der Waals surface area contributed by atoms with Gasteiger partial charge < -0.3 is 10.6 Å². The van der Waals surface area contributed by atoms with E-state index in [1.165, 1.54) is 4.90 Å². The van der Waals surface area contributed by atoms with Crippen LogP contribution >= 0.6 is 11.8 Å². The number of benzene rings is 1. The zero-order valence-corrected chi connectivity index (χ0v) is 14.1. The number of thioether (sulfide) groups is 1. The van der Waals surface area contributed by atoms with E-state index in [9.17, 15) is 0 Å². The first-order valence-electron chi connectivity index (χ1n) is 7.32. The van der Waals surface area contributed by atoms with Crippen LogP contribution in [0.15, 0.2) is 52.5 Å². The summed E-state index contributed by atoms with van der Waals surface area (Å²) < 4.78 is 1.86. The summed E-state index contributed by atoms with van der Waals surface area (Å²) in [5.41, 5.74) is 1.12. The van der Waals surface area contributed by atoms with Gasteiger partial charge in [-0.05, 0) is 18.2 Å². The third-order valence-electron chi connectivity index (χ3n) is 3.22. The fourth-order valence-corrected chi connectivity index (χ4v) is 2.93. The zero-order valence-electron chi connectivity index (χ0n) is 13.3. The second kappa shape index (κ2) is 8.48. The van der Waals surface area contributed by atoms with Gasteiger partial charge >= 0.3 is 0 Å². The van der Waals surface area contributed by atoms with Crippen LogP contribution in [0.1, 0.15) is 12.6 Å². The van der Waals surface area contributed by atoms with Gasteiger partial charge in [-0.2, -0.15) is 5.10 Å². The van der Waals surface area contributed by atoms with Gasteiger partial charge in [0, 0.05) is 37.0 Å². The number of nitrogens with one attached hydrogen (secondary N) is 2. The van der Waals surface area contributed by atoms with Gasteiger partial charge in [0.15, 0.2) is 5.96 Å². The van der Waals surface area contributed by atoms with E-state index in [0.717, 1.165) is 18.2 Å². The van der Waals surface area contributed by atoms with Crippen LogP contribution in [0.2, 0.25) is 0 Å². The number of aryl methyl sites for hydroxylation is 1. The fraction of sp³-hybridized carbons (Fsp3) is 0.375. The number of aliphatic imine (C=N–C) groups is 1. The molecule has 2 aromatic rings. The van der Waals surface area contributed by atoms with E-state index in [1.807, 2.05) is 35.6 Å². The smallest absolute Gasteiger partial charge is 0.191 e. The average Bonchev–Trinajstić information content (AvgIpc) is 2.94. The summed E-state index contributed by atoms with van der Waals surface area (Å²) in [4.78, 5) is 5.54. The van der Waals surface area contributed by atoms with Gasteiger partial charge in [-0.25, -0.2) is 0 Å². The minimum absolute atomic E-state index is 0.456. The van der Waals surface area contributed by atoms with Gasteiger partial charge in [-0.15, -0.1) is 11.8 Å². The molecule has 0 radical (unpaired) electrons. The third-order valence-corrected chi connectivity index (χ3v) is 4.33. The van der Waals surface area contributed by atoms with Crippen LogP contribution in [0, 0.1) is 0 Å². The highest BCUT2D eigenvalue weighted by Crippen LogP contribution is 2.21. The van der Waals surface area contributed by atoms with Gasteiger partial charge in [0.05, 0.1) is 12.2 Å². The molecule has 1 aromatic carbocycles. The molecule has 0 aliphatic rings. The lowest BCUT2D eigenvalue weighted by molar-refractivity contribution is 0.684. The molecule has 0 aliphatic heterocycles. The molecule has 0 bridgehead atoms. The van der Waals surface area contributed by atoms with Crippen molar-refractivity contribution >= 4 is 17.7 Å². The number of hydrogen-bond acceptors (Lipinski definition) is 3. The van der Waals surface area contributed by atoms with Crippen LogP contribution in [0.25, 0.3) is 0 Å². The summed E-state index contributed by atoms with van der Waals surface area (Å²) >= 11 is 1.85. The van der Waals surface area contributed by atoms with Crippen LogP contribution in [0.5, 0.6) is 0 Å². The van der Waals surface area contributed by atoms with E-state index in [-0.39, 0.29) is 0 Å². The monoisotopic (exact) mass is 317 g/mol. The van der Waals surface area contributed by atoms with E-state index in [0.29, 0.717) is 11.8 Å². The number of nitrogens with zero attached hydrogens (tertiary/aromatic N) is 3.